The highest BCUT2D eigenvalue weighted by Gasteiger charge is 2.16. The minimum Gasteiger partial charge on any atom is -0.493 e. The summed E-state index contributed by atoms with van der Waals surface area (Å²) in [5.41, 5.74) is 1.09. The summed E-state index contributed by atoms with van der Waals surface area (Å²) in [7, 11) is 1.60. The SMILES string of the molecule is Cn1c(O)c(C=Nc2ccccc2)c(=O)n1-c1ccc(Cl)cc1. The Kier molecular flexibility index (Phi) is 4.04. The third-order valence-corrected chi connectivity index (χ3v) is 3.69. The summed E-state index contributed by atoms with van der Waals surface area (Å²) in [4.78, 5) is 16.8. The van der Waals surface area contributed by atoms with Crippen molar-refractivity contribution in [2.75, 3.05) is 0 Å². The molecule has 0 saturated carbocycles. The summed E-state index contributed by atoms with van der Waals surface area (Å²) in [5.74, 6) is -0.148. The molecule has 0 amide bonds. The number of hydrogen-bond acceptors (Lipinski definition) is 3. The second-order valence-electron chi connectivity index (χ2n) is 4.95. The molecule has 2 aromatic carbocycles. The van der Waals surface area contributed by atoms with E-state index in [1.165, 1.54) is 15.6 Å². The van der Waals surface area contributed by atoms with E-state index in [0.717, 1.165) is 0 Å². The summed E-state index contributed by atoms with van der Waals surface area (Å²) in [6.07, 6.45) is 1.37. The predicted molar refractivity (Wildman–Crippen MR) is 91.4 cm³/mol. The number of para-hydroxylation sites is 1. The van der Waals surface area contributed by atoms with E-state index in [0.29, 0.717) is 16.4 Å². The van der Waals surface area contributed by atoms with E-state index >= 15 is 0 Å². The second kappa shape index (κ2) is 6.14. The highest BCUT2D eigenvalue weighted by Crippen LogP contribution is 2.18. The van der Waals surface area contributed by atoms with Crippen LogP contribution in [0.2, 0.25) is 5.02 Å². The van der Waals surface area contributed by atoms with Gasteiger partial charge in [0.15, 0.2) is 0 Å². The zero-order chi connectivity index (χ0) is 16.4. The monoisotopic (exact) mass is 327 g/mol. The molecule has 3 aromatic rings. The van der Waals surface area contributed by atoms with Gasteiger partial charge in [-0.15, -0.1) is 0 Å². The fourth-order valence-electron chi connectivity index (χ4n) is 2.25. The van der Waals surface area contributed by atoms with Crippen molar-refractivity contribution in [3.05, 3.63) is 75.5 Å². The van der Waals surface area contributed by atoms with Crippen LogP contribution in [0.4, 0.5) is 5.69 Å². The smallest absolute Gasteiger partial charge is 0.284 e. The summed E-state index contributed by atoms with van der Waals surface area (Å²) in [5, 5.41) is 10.8. The topological polar surface area (TPSA) is 59.5 Å². The van der Waals surface area contributed by atoms with Crippen molar-refractivity contribution in [2.45, 2.75) is 0 Å². The lowest BCUT2D eigenvalue weighted by Gasteiger charge is -2.06. The summed E-state index contributed by atoms with van der Waals surface area (Å²) in [6.45, 7) is 0. The molecule has 3 rings (SSSR count). The molecule has 0 radical (unpaired) electrons. The predicted octanol–water partition coefficient (Wildman–Crippen LogP) is 3.29. The van der Waals surface area contributed by atoms with Crippen molar-refractivity contribution in [1.29, 1.82) is 0 Å². The van der Waals surface area contributed by atoms with Crippen LogP contribution < -0.4 is 5.56 Å². The Morgan fingerprint density at radius 3 is 2.39 bits per heavy atom. The number of aliphatic imine (C=N–C) groups is 1. The standard InChI is InChI=1S/C17H14ClN3O2/c1-20-16(22)15(11-19-13-5-3-2-4-6-13)17(23)21(20)14-9-7-12(18)8-10-14/h2-11,22H,1H3. The van der Waals surface area contributed by atoms with Crippen LogP contribution in [0.15, 0.2) is 64.4 Å². The summed E-state index contributed by atoms with van der Waals surface area (Å²) < 4.78 is 2.73. The van der Waals surface area contributed by atoms with Crippen LogP contribution in [0.25, 0.3) is 5.69 Å². The van der Waals surface area contributed by atoms with Crippen LogP contribution >= 0.6 is 11.6 Å². The molecule has 0 unspecified atom stereocenters. The lowest BCUT2D eigenvalue weighted by atomic mass is 10.3. The van der Waals surface area contributed by atoms with E-state index in [1.807, 2.05) is 30.3 Å². The maximum atomic E-state index is 12.6. The normalized spacial score (nSPS) is 11.2. The number of nitrogens with zero attached hydrogens (tertiary/aromatic N) is 3. The zero-order valence-electron chi connectivity index (χ0n) is 12.3. The van der Waals surface area contributed by atoms with E-state index in [2.05, 4.69) is 4.99 Å². The molecule has 0 spiro atoms. The molecular weight excluding hydrogens is 314 g/mol. The number of halogens is 1. The number of aromatic nitrogens is 2. The molecule has 0 saturated heterocycles. The lowest BCUT2D eigenvalue weighted by molar-refractivity contribution is 0.407. The summed E-state index contributed by atoms with van der Waals surface area (Å²) >= 11 is 5.87. The molecule has 1 aromatic heterocycles. The number of hydrogen-bond donors (Lipinski definition) is 1. The van der Waals surface area contributed by atoms with Crippen LogP contribution in [0.3, 0.4) is 0 Å². The average Bonchev–Trinajstić information content (AvgIpc) is 2.78. The van der Waals surface area contributed by atoms with E-state index in [4.69, 9.17) is 11.6 Å². The Morgan fingerprint density at radius 1 is 1.09 bits per heavy atom. The Hall–Kier alpha value is -2.79. The van der Waals surface area contributed by atoms with Gasteiger partial charge in [-0.3, -0.25) is 9.79 Å². The van der Waals surface area contributed by atoms with Crippen molar-refractivity contribution in [3.8, 4) is 11.6 Å². The van der Waals surface area contributed by atoms with Gasteiger partial charge in [0.05, 0.1) is 11.4 Å². The second-order valence-corrected chi connectivity index (χ2v) is 5.38. The van der Waals surface area contributed by atoms with Crippen LogP contribution in [-0.2, 0) is 7.05 Å². The quantitative estimate of drug-likeness (QED) is 0.750. The first-order chi connectivity index (χ1) is 11.1. The Morgan fingerprint density at radius 2 is 1.74 bits per heavy atom. The van der Waals surface area contributed by atoms with Crippen LogP contribution in [0, 0.1) is 0 Å². The van der Waals surface area contributed by atoms with Crippen molar-refractivity contribution in [1.82, 2.24) is 9.36 Å². The molecule has 23 heavy (non-hydrogen) atoms. The van der Waals surface area contributed by atoms with Crippen molar-refractivity contribution in [2.24, 2.45) is 12.0 Å². The van der Waals surface area contributed by atoms with Crippen molar-refractivity contribution >= 4 is 23.5 Å². The molecular formula is C17H14ClN3O2. The third-order valence-electron chi connectivity index (χ3n) is 3.44. The molecule has 0 aliphatic heterocycles. The molecule has 0 aliphatic carbocycles. The van der Waals surface area contributed by atoms with Gasteiger partial charge >= 0.3 is 0 Å². The molecule has 6 heteroatoms. The minimum absolute atomic E-state index is 0.131. The van der Waals surface area contributed by atoms with Gasteiger partial charge in [0.1, 0.15) is 5.56 Å². The van der Waals surface area contributed by atoms with Crippen LogP contribution in [-0.4, -0.2) is 20.7 Å². The molecule has 116 valence electrons. The number of aromatic hydroxyl groups is 1. The third kappa shape index (κ3) is 2.91. The minimum atomic E-state index is -0.355. The molecule has 0 aliphatic rings. The van der Waals surface area contributed by atoms with Gasteiger partial charge < -0.3 is 5.11 Å². The molecule has 0 fully saturated rings. The van der Waals surface area contributed by atoms with Crippen molar-refractivity contribution in [3.63, 3.8) is 0 Å². The average molecular weight is 328 g/mol. The first kappa shape index (κ1) is 15.1. The maximum Gasteiger partial charge on any atom is 0.284 e. The Labute approximate surface area is 137 Å². The van der Waals surface area contributed by atoms with Gasteiger partial charge in [-0.05, 0) is 36.4 Å². The fraction of sp³-hybridized carbons (Fsp3) is 0.0588. The van der Waals surface area contributed by atoms with Gasteiger partial charge in [-0.2, -0.15) is 0 Å². The van der Waals surface area contributed by atoms with Gasteiger partial charge in [0.2, 0.25) is 5.88 Å². The largest absolute Gasteiger partial charge is 0.493 e. The molecule has 1 heterocycles. The molecule has 0 bridgehead atoms. The highest BCUT2D eigenvalue weighted by atomic mass is 35.5. The van der Waals surface area contributed by atoms with Crippen LogP contribution in [0.1, 0.15) is 5.56 Å². The van der Waals surface area contributed by atoms with Crippen LogP contribution in [0.5, 0.6) is 5.88 Å². The van der Waals surface area contributed by atoms with E-state index in [-0.39, 0.29) is 17.0 Å². The Bertz CT molecular complexity index is 910. The van der Waals surface area contributed by atoms with Gasteiger partial charge in [-0.25, -0.2) is 9.36 Å². The molecule has 1 N–H and O–H groups in total. The van der Waals surface area contributed by atoms with Gasteiger partial charge in [-0.1, -0.05) is 29.8 Å². The maximum absolute atomic E-state index is 12.6. The first-order valence-electron chi connectivity index (χ1n) is 6.94. The summed E-state index contributed by atoms with van der Waals surface area (Å²) in [6, 6.07) is 16.0. The number of benzene rings is 2. The van der Waals surface area contributed by atoms with Gasteiger partial charge in [0, 0.05) is 18.3 Å². The lowest BCUT2D eigenvalue weighted by Crippen LogP contribution is -2.20. The van der Waals surface area contributed by atoms with Crippen molar-refractivity contribution < 1.29 is 5.11 Å². The molecule has 5 nitrogen and oxygen atoms in total. The van der Waals surface area contributed by atoms with Gasteiger partial charge in [0.25, 0.3) is 5.56 Å². The van der Waals surface area contributed by atoms with E-state index < -0.39 is 0 Å². The number of rotatable bonds is 3. The first-order valence-corrected chi connectivity index (χ1v) is 7.32. The fourth-order valence-corrected chi connectivity index (χ4v) is 2.38. The molecule has 0 atom stereocenters. The zero-order valence-corrected chi connectivity index (χ0v) is 13.1. The van der Waals surface area contributed by atoms with E-state index in [9.17, 15) is 9.90 Å². The highest BCUT2D eigenvalue weighted by molar-refractivity contribution is 6.30. The Balaban J connectivity index is 2.07. The van der Waals surface area contributed by atoms with E-state index in [1.54, 1.807) is 31.3 Å².